The molecule has 31 heavy (non-hydrogen) atoms. The van der Waals surface area contributed by atoms with Crippen LogP contribution < -0.4 is 15.5 Å². The van der Waals surface area contributed by atoms with Crippen LogP contribution in [0.4, 0.5) is 5.69 Å². The van der Waals surface area contributed by atoms with Gasteiger partial charge in [-0.1, -0.05) is 29.8 Å². The number of hydrogen-bond acceptors (Lipinski definition) is 5. The average molecular weight is 436 g/mol. The van der Waals surface area contributed by atoms with Gasteiger partial charge in [0.15, 0.2) is 0 Å². The Morgan fingerprint density at radius 2 is 1.58 bits per heavy atom. The van der Waals surface area contributed by atoms with E-state index in [9.17, 15) is 14.4 Å². The summed E-state index contributed by atoms with van der Waals surface area (Å²) in [6.45, 7) is 1.82. The van der Waals surface area contributed by atoms with Crippen molar-refractivity contribution in [3.05, 3.63) is 94.5 Å². The van der Waals surface area contributed by atoms with Crippen molar-refractivity contribution in [3.63, 3.8) is 0 Å². The molecule has 0 fully saturated rings. The summed E-state index contributed by atoms with van der Waals surface area (Å²) in [4.78, 5) is 35.9. The Bertz CT molecular complexity index is 1130. The van der Waals surface area contributed by atoms with Gasteiger partial charge < -0.3 is 10.1 Å². The number of esters is 1. The minimum atomic E-state index is -0.895. The Morgan fingerprint density at radius 1 is 0.903 bits per heavy atom. The van der Waals surface area contributed by atoms with Gasteiger partial charge in [-0.25, -0.2) is 10.2 Å². The van der Waals surface area contributed by atoms with E-state index in [1.165, 1.54) is 6.21 Å². The normalized spacial score (nSPS) is 10.5. The molecule has 0 heterocycles. The quantitative estimate of drug-likeness (QED) is 0.208. The van der Waals surface area contributed by atoms with E-state index in [-0.39, 0.29) is 0 Å². The van der Waals surface area contributed by atoms with Gasteiger partial charge in [0.2, 0.25) is 0 Å². The van der Waals surface area contributed by atoms with Gasteiger partial charge in [-0.2, -0.15) is 5.10 Å². The summed E-state index contributed by atoms with van der Waals surface area (Å²) in [5, 5.41) is 6.82. The number of halogens is 1. The summed E-state index contributed by atoms with van der Waals surface area (Å²) in [7, 11) is 0. The predicted octanol–water partition coefficient (Wildman–Crippen LogP) is 3.96. The number of anilines is 1. The van der Waals surface area contributed by atoms with Crippen LogP contribution in [0.2, 0.25) is 5.02 Å². The van der Waals surface area contributed by atoms with Crippen LogP contribution in [0, 0.1) is 6.92 Å². The Kier molecular flexibility index (Phi) is 7.13. The molecule has 2 N–H and O–H groups in total. The van der Waals surface area contributed by atoms with Crippen LogP contribution in [0.3, 0.4) is 0 Å². The van der Waals surface area contributed by atoms with Crippen molar-refractivity contribution in [2.75, 3.05) is 5.32 Å². The molecule has 0 bridgehead atoms. The maximum atomic E-state index is 12.1. The molecule has 0 radical (unpaired) electrons. The summed E-state index contributed by atoms with van der Waals surface area (Å²) in [5.74, 6) is -1.88. The molecule has 7 nitrogen and oxygen atoms in total. The molecule has 3 aromatic carbocycles. The third-order valence-electron chi connectivity index (χ3n) is 4.15. The second-order valence-electron chi connectivity index (χ2n) is 6.43. The third-order valence-corrected chi connectivity index (χ3v) is 4.40. The molecule has 8 heteroatoms. The number of hydrogen-bond donors (Lipinski definition) is 2. The van der Waals surface area contributed by atoms with Crippen molar-refractivity contribution >= 4 is 41.3 Å². The zero-order valence-corrected chi connectivity index (χ0v) is 17.2. The molecule has 0 aliphatic heterocycles. The van der Waals surface area contributed by atoms with Gasteiger partial charge in [0.25, 0.3) is 0 Å². The van der Waals surface area contributed by atoms with Crippen LogP contribution in [0.5, 0.6) is 5.75 Å². The van der Waals surface area contributed by atoms with Crippen LogP contribution in [0.15, 0.2) is 77.9 Å². The highest BCUT2D eigenvalue weighted by atomic mass is 35.5. The van der Waals surface area contributed by atoms with E-state index in [4.69, 9.17) is 16.3 Å². The van der Waals surface area contributed by atoms with E-state index in [1.807, 2.05) is 19.1 Å². The van der Waals surface area contributed by atoms with Crippen molar-refractivity contribution in [2.24, 2.45) is 5.10 Å². The minimum absolute atomic E-state index is 0.346. The number of aryl methyl sites for hydroxylation is 1. The maximum absolute atomic E-state index is 12.1. The summed E-state index contributed by atoms with van der Waals surface area (Å²) >= 11 is 5.80. The predicted molar refractivity (Wildman–Crippen MR) is 118 cm³/mol. The first-order chi connectivity index (χ1) is 14.9. The number of carbonyl (C=O) groups is 3. The zero-order chi connectivity index (χ0) is 22.2. The van der Waals surface area contributed by atoms with E-state index in [0.717, 1.165) is 5.56 Å². The highest BCUT2D eigenvalue weighted by Gasteiger charge is 2.13. The fourth-order valence-corrected chi connectivity index (χ4v) is 2.61. The summed E-state index contributed by atoms with van der Waals surface area (Å²) in [5.41, 5.74) is 4.56. The molecule has 0 spiro atoms. The number of ether oxygens (including phenoxy) is 1. The second kappa shape index (κ2) is 10.2. The van der Waals surface area contributed by atoms with Crippen molar-refractivity contribution in [1.82, 2.24) is 5.43 Å². The Morgan fingerprint density at radius 3 is 2.26 bits per heavy atom. The fraction of sp³-hybridized carbons (Fsp3) is 0.0435. The van der Waals surface area contributed by atoms with Crippen molar-refractivity contribution in [3.8, 4) is 5.75 Å². The molecule has 2 amide bonds. The molecule has 0 aliphatic carbocycles. The summed E-state index contributed by atoms with van der Waals surface area (Å²) < 4.78 is 5.29. The molecule has 0 aromatic heterocycles. The SMILES string of the molecule is Cc1ccccc1NC(=O)C(=O)N/N=C/c1ccc(OC(=O)c2ccc(Cl)cc2)cc1. The molecule has 0 atom stereocenters. The maximum Gasteiger partial charge on any atom is 0.343 e. The fourth-order valence-electron chi connectivity index (χ4n) is 2.48. The van der Waals surface area contributed by atoms with Gasteiger partial charge in [0, 0.05) is 10.7 Å². The second-order valence-corrected chi connectivity index (χ2v) is 6.87. The van der Waals surface area contributed by atoms with E-state index in [0.29, 0.717) is 27.6 Å². The molecule has 3 rings (SSSR count). The van der Waals surface area contributed by atoms with E-state index < -0.39 is 17.8 Å². The Balaban J connectivity index is 1.51. The van der Waals surface area contributed by atoms with Gasteiger partial charge in [-0.15, -0.1) is 0 Å². The average Bonchev–Trinajstić information content (AvgIpc) is 2.77. The number of amides is 2. The molecule has 0 saturated carbocycles. The standard InChI is InChI=1S/C23H18ClN3O4/c1-15-4-2-3-5-20(15)26-21(28)22(29)27-25-14-16-6-12-19(13-7-16)31-23(30)17-8-10-18(24)11-9-17/h2-14H,1H3,(H,26,28)(H,27,29)/b25-14+. The molecule has 156 valence electrons. The van der Waals surface area contributed by atoms with Crippen molar-refractivity contribution < 1.29 is 19.1 Å². The number of para-hydroxylation sites is 1. The summed E-state index contributed by atoms with van der Waals surface area (Å²) in [6.07, 6.45) is 1.36. The van der Waals surface area contributed by atoms with E-state index in [2.05, 4.69) is 15.8 Å². The topological polar surface area (TPSA) is 96.9 Å². The first kappa shape index (κ1) is 21.7. The number of hydrazone groups is 1. The van der Waals surface area contributed by atoms with Crippen LogP contribution >= 0.6 is 11.6 Å². The van der Waals surface area contributed by atoms with Gasteiger partial charge >= 0.3 is 17.8 Å². The Hall–Kier alpha value is -3.97. The van der Waals surface area contributed by atoms with Crippen LogP contribution in [0.1, 0.15) is 21.5 Å². The van der Waals surface area contributed by atoms with Gasteiger partial charge in [0.05, 0.1) is 11.8 Å². The lowest BCUT2D eigenvalue weighted by atomic mass is 10.2. The first-order valence-corrected chi connectivity index (χ1v) is 9.58. The van der Waals surface area contributed by atoms with E-state index >= 15 is 0 Å². The first-order valence-electron chi connectivity index (χ1n) is 9.20. The molecule has 0 unspecified atom stereocenters. The number of nitrogens with zero attached hydrogens (tertiary/aromatic N) is 1. The Labute approximate surface area is 183 Å². The number of carbonyl (C=O) groups excluding carboxylic acids is 3. The summed E-state index contributed by atoms with van der Waals surface area (Å²) in [6, 6.07) is 19.9. The van der Waals surface area contributed by atoms with Crippen molar-refractivity contribution in [1.29, 1.82) is 0 Å². The molecular weight excluding hydrogens is 418 g/mol. The lowest BCUT2D eigenvalue weighted by Gasteiger charge is -2.06. The van der Waals surface area contributed by atoms with Crippen LogP contribution in [0.25, 0.3) is 0 Å². The lowest BCUT2D eigenvalue weighted by molar-refractivity contribution is -0.136. The monoisotopic (exact) mass is 435 g/mol. The smallest absolute Gasteiger partial charge is 0.343 e. The highest BCUT2D eigenvalue weighted by Crippen LogP contribution is 2.15. The molecule has 3 aromatic rings. The van der Waals surface area contributed by atoms with Gasteiger partial charge in [-0.3, -0.25) is 9.59 Å². The lowest BCUT2D eigenvalue weighted by Crippen LogP contribution is -2.32. The number of nitrogens with one attached hydrogen (secondary N) is 2. The van der Waals surface area contributed by atoms with Crippen molar-refractivity contribution in [2.45, 2.75) is 6.92 Å². The zero-order valence-electron chi connectivity index (χ0n) is 16.5. The molecule has 0 aliphatic rings. The van der Waals surface area contributed by atoms with Gasteiger partial charge in [-0.05, 0) is 72.6 Å². The highest BCUT2D eigenvalue weighted by molar-refractivity contribution is 6.39. The van der Waals surface area contributed by atoms with Crippen LogP contribution in [-0.2, 0) is 9.59 Å². The van der Waals surface area contributed by atoms with Crippen LogP contribution in [-0.4, -0.2) is 24.0 Å². The van der Waals surface area contributed by atoms with E-state index in [1.54, 1.807) is 60.7 Å². The van der Waals surface area contributed by atoms with Gasteiger partial charge in [0.1, 0.15) is 5.75 Å². The molecule has 0 saturated heterocycles. The molecular formula is C23H18ClN3O4. The largest absolute Gasteiger partial charge is 0.423 e. The third kappa shape index (κ3) is 6.25. The number of rotatable bonds is 5. The number of benzene rings is 3. The minimum Gasteiger partial charge on any atom is -0.423 e.